The van der Waals surface area contributed by atoms with Gasteiger partial charge in [0.2, 0.25) is 0 Å². The summed E-state index contributed by atoms with van der Waals surface area (Å²) in [5, 5.41) is 1.88. The van der Waals surface area contributed by atoms with Gasteiger partial charge < -0.3 is 4.90 Å². The Balaban J connectivity index is 2.35. The van der Waals surface area contributed by atoms with Crippen molar-refractivity contribution in [2.24, 2.45) is 0 Å². The van der Waals surface area contributed by atoms with Crippen molar-refractivity contribution in [3.63, 3.8) is 0 Å². The smallest absolute Gasteiger partial charge is 0.370 e. The van der Waals surface area contributed by atoms with Gasteiger partial charge in [-0.25, -0.2) is 0 Å². The summed E-state index contributed by atoms with van der Waals surface area (Å²) in [5.74, 6) is 0. The van der Waals surface area contributed by atoms with Gasteiger partial charge in [0.25, 0.3) is 0 Å². The molecule has 0 amide bonds. The zero-order valence-electron chi connectivity index (χ0n) is 10.9. The minimum Gasteiger partial charge on any atom is -0.370 e. The van der Waals surface area contributed by atoms with Crippen molar-refractivity contribution in [1.29, 1.82) is 0 Å². The normalized spacial score (nSPS) is 11.5. The predicted octanol–water partition coefficient (Wildman–Crippen LogP) is 4.98. The van der Waals surface area contributed by atoms with Crippen LogP contribution in [0.2, 0.25) is 0 Å². The minimum atomic E-state index is -4.50. The van der Waals surface area contributed by atoms with Gasteiger partial charge in [-0.2, -0.15) is 13.2 Å². The highest BCUT2D eigenvalue weighted by Crippen LogP contribution is 2.37. The number of carbonyl (C=O) groups is 1. The fourth-order valence-corrected chi connectivity index (χ4v) is 3.17. The summed E-state index contributed by atoms with van der Waals surface area (Å²) in [6.45, 7) is 0.353. The Bertz CT molecular complexity index is 654. The average molecular weight is 378 g/mol. The molecular formula is C14H11BrF3NOS. The molecule has 0 atom stereocenters. The first-order valence-corrected chi connectivity index (χ1v) is 7.59. The standard InChI is InChI=1S/C14H11BrF3NOS/c1-19(6-10-5-13(15)21-8-10)12-3-2-9(7-20)4-11(12)14(16,17)18/h2-5,7-8H,6H2,1H3. The van der Waals surface area contributed by atoms with Crippen LogP contribution in [0, 0.1) is 0 Å². The largest absolute Gasteiger partial charge is 0.418 e. The van der Waals surface area contributed by atoms with E-state index in [1.54, 1.807) is 7.05 Å². The van der Waals surface area contributed by atoms with E-state index in [9.17, 15) is 18.0 Å². The number of aldehydes is 1. The molecule has 2 nitrogen and oxygen atoms in total. The van der Waals surface area contributed by atoms with E-state index >= 15 is 0 Å². The van der Waals surface area contributed by atoms with Gasteiger partial charge in [-0.05, 0) is 51.1 Å². The number of anilines is 1. The molecule has 7 heteroatoms. The zero-order valence-corrected chi connectivity index (χ0v) is 13.3. The molecule has 0 aliphatic heterocycles. The van der Waals surface area contributed by atoms with Crippen molar-refractivity contribution in [2.45, 2.75) is 12.7 Å². The third-order valence-corrected chi connectivity index (χ3v) is 4.47. The number of hydrogen-bond acceptors (Lipinski definition) is 3. The van der Waals surface area contributed by atoms with Crippen molar-refractivity contribution >= 4 is 39.2 Å². The highest BCUT2D eigenvalue weighted by Gasteiger charge is 2.34. The molecule has 112 valence electrons. The molecule has 0 N–H and O–H groups in total. The first kappa shape index (κ1) is 16.0. The molecule has 1 heterocycles. The van der Waals surface area contributed by atoms with Crippen LogP contribution in [0.3, 0.4) is 0 Å². The molecule has 0 radical (unpaired) electrons. The van der Waals surface area contributed by atoms with E-state index in [1.807, 2.05) is 11.4 Å². The van der Waals surface area contributed by atoms with Gasteiger partial charge in [-0.1, -0.05) is 0 Å². The third-order valence-electron chi connectivity index (χ3n) is 2.91. The summed E-state index contributed by atoms with van der Waals surface area (Å²) in [6.07, 6.45) is -4.09. The van der Waals surface area contributed by atoms with Gasteiger partial charge in [-0.15, -0.1) is 11.3 Å². The van der Waals surface area contributed by atoms with Gasteiger partial charge in [0.1, 0.15) is 6.29 Å². The monoisotopic (exact) mass is 377 g/mol. The van der Waals surface area contributed by atoms with E-state index in [4.69, 9.17) is 0 Å². The second-order valence-electron chi connectivity index (χ2n) is 4.51. The van der Waals surface area contributed by atoms with Crippen LogP contribution in [-0.4, -0.2) is 13.3 Å². The third kappa shape index (κ3) is 3.85. The first-order chi connectivity index (χ1) is 9.81. The molecule has 1 aromatic carbocycles. The number of hydrogen-bond donors (Lipinski definition) is 0. The lowest BCUT2D eigenvalue weighted by Crippen LogP contribution is -2.21. The van der Waals surface area contributed by atoms with E-state index in [0.717, 1.165) is 15.4 Å². The fraction of sp³-hybridized carbons (Fsp3) is 0.214. The molecule has 1 aromatic heterocycles. The lowest BCUT2D eigenvalue weighted by Gasteiger charge is -2.23. The molecule has 0 unspecified atom stereocenters. The lowest BCUT2D eigenvalue weighted by molar-refractivity contribution is -0.137. The van der Waals surface area contributed by atoms with E-state index in [2.05, 4.69) is 15.9 Å². The van der Waals surface area contributed by atoms with Crippen molar-refractivity contribution in [3.05, 3.63) is 50.1 Å². The molecule has 0 bridgehead atoms. The second kappa shape index (κ2) is 6.19. The molecule has 0 spiro atoms. The van der Waals surface area contributed by atoms with Crippen molar-refractivity contribution in [1.82, 2.24) is 0 Å². The van der Waals surface area contributed by atoms with Crippen molar-refractivity contribution < 1.29 is 18.0 Å². The predicted molar refractivity (Wildman–Crippen MR) is 81.0 cm³/mol. The minimum absolute atomic E-state index is 0.0118. The number of nitrogens with zero attached hydrogens (tertiary/aromatic N) is 1. The van der Waals surface area contributed by atoms with Crippen LogP contribution in [0.4, 0.5) is 18.9 Å². The Hall–Kier alpha value is -1.34. The van der Waals surface area contributed by atoms with Crippen LogP contribution in [0.5, 0.6) is 0 Å². The average Bonchev–Trinajstić information content (AvgIpc) is 2.82. The lowest BCUT2D eigenvalue weighted by atomic mass is 10.1. The number of alkyl halides is 3. The van der Waals surface area contributed by atoms with E-state index < -0.39 is 11.7 Å². The van der Waals surface area contributed by atoms with Gasteiger partial charge in [0, 0.05) is 24.8 Å². The van der Waals surface area contributed by atoms with Gasteiger partial charge >= 0.3 is 6.18 Å². The fourth-order valence-electron chi connectivity index (χ4n) is 1.97. The molecule has 0 saturated heterocycles. The van der Waals surface area contributed by atoms with E-state index in [0.29, 0.717) is 12.8 Å². The van der Waals surface area contributed by atoms with Gasteiger partial charge in [0.15, 0.2) is 0 Å². The number of thiophene rings is 1. The van der Waals surface area contributed by atoms with Crippen LogP contribution < -0.4 is 4.90 Å². The summed E-state index contributed by atoms with van der Waals surface area (Å²) in [4.78, 5) is 12.2. The maximum atomic E-state index is 13.1. The van der Waals surface area contributed by atoms with Gasteiger partial charge in [-0.3, -0.25) is 4.79 Å². The highest BCUT2D eigenvalue weighted by atomic mass is 79.9. The molecule has 21 heavy (non-hydrogen) atoms. The Morgan fingerprint density at radius 2 is 2.05 bits per heavy atom. The maximum Gasteiger partial charge on any atom is 0.418 e. The molecule has 0 fully saturated rings. The Labute approximate surface area is 132 Å². The van der Waals surface area contributed by atoms with Crippen LogP contribution in [-0.2, 0) is 12.7 Å². The summed E-state index contributed by atoms with van der Waals surface area (Å²) in [6, 6.07) is 5.46. The molecule has 2 rings (SSSR count). The topological polar surface area (TPSA) is 20.3 Å². The summed E-state index contributed by atoms with van der Waals surface area (Å²) < 4.78 is 40.3. The first-order valence-electron chi connectivity index (χ1n) is 5.91. The quantitative estimate of drug-likeness (QED) is 0.700. The molecule has 0 saturated carbocycles. The maximum absolute atomic E-state index is 13.1. The SMILES string of the molecule is CN(Cc1csc(Br)c1)c1ccc(C=O)cc1C(F)(F)F. The highest BCUT2D eigenvalue weighted by molar-refractivity contribution is 9.11. The van der Waals surface area contributed by atoms with E-state index in [1.165, 1.54) is 28.4 Å². The molecule has 2 aromatic rings. The Morgan fingerprint density at radius 1 is 1.33 bits per heavy atom. The number of carbonyl (C=O) groups excluding carboxylic acids is 1. The Morgan fingerprint density at radius 3 is 2.57 bits per heavy atom. The van der Waals surface area contributed by atoms with Crippen LogP contribution in [0.1, 0.15) is 21.5 Å². The molecule has 0 aliphatic rings. The summed E-state index contributed by atoms with van der Waals surface area (Å²) in [7, 11) is 1.59. The Kier molecular flexibility index (Phi) is 4.73. The molecular weight excluding hydrogens is 367 g/mol. The number of benzene rings is 1. The summed E-state index contributed by atoms with van der Waals surface area (Å²) in [5.41, 5.74) is 0.180. The van der Waals surface area contributed by atoms with Gasteiger partial charge in [0.05, 0.1) is 9.35 Å². The van der Waals surface area contributed by atoms with E-state index in [-0.39, 0.29) is 11.3 Å². The van der Waals surface area contributed by atoms with Crippen molar-refractivity contribution in [3.8, 4) is 0 Å². The number of rotatable bonds is 4. The number of halogens is 4. The zero-order chi connectivity index (χ0) is 15.6. The van der Waals surface area contributed by atoms with Crippen LogP contribution in [0.25, 0.3) is 0 Å². The summed E-state index contributed by atoms with van der Waals surface area (Å²) >= 11 is 4.80. The van der Waals surface area contributed by atoms with Crippen molar-refractivity contribution in [2.75, 3.05) is 11.9 Å². The second-order valence-corrected chi connectivity index (χ2v) is 6.80. The van der Waals surface area contributed by atoms with Crippen LogP contribution in [0.15, 0.2) is 33.4 Å². The van der Waals surface area contributed by atoms with Crippen LogP contribution >= 0.6 is 27.3 Å². The molecule has 0 aliphatic carbocycles.